The minimum atomic E-state index is -0.401. The molecular weight excluding hydrogens is 342 g/mol. The molecule has 0 spiro atoms. The van der Waals surface area contributed by atoms with E-state index in [1.165, 1.54) is 34.8 Å². The average Bonchev–Trinajstić information content (AvgIpc) is 2.71. The molecule has 6 nitrogen and oxygen atoms in total. The van der Waals surface area contributed by atoms with Crippen LogP contribution in [0.15, 0.2) is 33.9 Å². The van der Waals surface area contributed by atoms with Gasteiger partial charge >= 0.3 is 5.69 Å². The van der Waals surface area contributed by atoms with E-state index < -0.39 is 5.69 Å². The van der Waals surface area contributed by atoms with Crippen LogP contribution in [0.3, 0.4) is 0 Å². The summed E-state index contributed by atoms with van der Waals surface area (Å²) in [6.45, 7) is 3.66. The number of fused-ring (bicyclic) bond motifs is 2. The molecule has 1 aliphatic heterocycles. The molecule has 2 fully saturated rings. The summed E-state index contributed by atoms with van der Waals surface area (Å²) in [6, 6.07) is 7.05. The van der Waals surface area contributed by atoms with Crippen molar-refractivity contribution in [1.29, 1.82) is 0 Å². The van der Waals surface area contributed by atoms with Crippen molar-refractivity contribution in [2.75, 3.05) is 13.1 Å². The maximum Gasteiger partial charge on any atom is 0.331 e. The van der Waals surface area contributed by atoms with Gasteiger partial charge in [-0.2, -0.15) is 0 Å². The average molecular weight is 369 g/mol. The number of aromatic nitrogens is 2. The highest BCUT2D eigenvalue weighted by molar-refractivity contribution is 5.81. The molecule has 0 radical (unpaired) electrons. The molecule has 1 saturated carbocycles. The smallest absolute Gasteiger partial charge is 0.331 e. The van der Waals surface area contributed by atoms with E-state index in [0.29, 0.717) is 23.4 Å². The number of amides is 1. The van der Waals surface area contributed by atoms with Gasteiger partial charge in [-0.1, -0.05) is 31.4 Å². The molecule has 1 saturated heterocycles. The number of carbonyl (C=O) groups is 1. The summed E-state index contributed by atoms with van der Waals surface area (Å²) >= 11 is 0. The second kappa shape index (κ2) is 7.33. The minimum absolute atomic E-state index is 0.00296. The first-order valence-electron chi connectivity index (χ1n) is 10.1. The fourth-order valence-electron chi connectivity index (χ4n) is 4.87. The number of carbonyl (C=O) groups excluding carboxylic acids is 1. The summed E-state index contributed by atoms with van der Waals surface area (Å²) in [7, 11) is 0. The maximum atomic E-state index is 13.0. The van der Waals surface area contributed by atoms with E-state index in [2.05, 4.69) is 0 Å². The lowest BCUT2D eigenvalue weighted by atomic mass is 9.75. The van der Waals surface area contributed by atoms with Crippen molar-refractivity contribution in [3.05, 3.63) is 45.1 Å². The van der Waals surface area contributed by atoms with Gasteiger partial charge in [-0.05, 0) is 43.7 Å². The Kier molecular flexibility index (Phi) is 4.89. The molecule has 1 aliphatic carbocycles. The van der Waals surface area contributed by atoms with E-state index in [0.717, 1.165) is 25.4 Å². The second-order valence-corrected chi connectivity index (χ2v) is 7.87. The number of nitrogens with zero attached hydrogens (tertiary/aromatic N) is 3. The van der Waals surface area contributed by atoms with Crippen LogP contribution in [0.4, 0.5) is 0 Å². The van der Waals surface area contributed by atoms with Crippen LogP contribution in [-0.4, -0.2) is 33.0 Å². The summed E-state index contributed by atoms with van der Waals surface area (Å²) in [5, 5.41) is 0.484. The molecule has 2 atom stereocenters. The topological polar surface area (TPSA) is 64.3 Å². The number of rotatable bonds is 3. The quantitative estimate of drug-likeness (QED) is 0.833. The van der Waals surface area contributed by atoms with Crippen LogP contribution in [0.5, 0.6) is 0 Å². The van der Waals surface area contributed by atoms with Crippen molar-refractivity contribution >= 4 is 16.8 Å². The van der Waals surface area contributed by atoms with Crippen molar-refractivity contribution in [3.63, 3.8) is 0 Å². The molecule has 2 aromatic rings. The maximum absolute atomic E-state index is 13.0. The van der Waals surface area contributed by atoms with Gasteiger partial charge in [0.25, 0.3) is 5.56 Å². The van der Waals surface area contributed by atoms with E-state index in [1.54, 1.807) is 31.2 Å². The minimum Gasteiger partial charge on any atom is -0.341 e. The van der Waals surface area contributed by atoms with Crippen LogP contribution >= 0.6 is 0 Å². The van der Waals surface area contributed by atoms with Crippen LogP contribution in [0.2, 0.25) is 0 Å². The zero-order valence-electron chi connectivity index (χ0n) is 15.9. The summed E-state index contributed by atoms with van der Waals surface area (Å²) < 4.78 is 2.68. The SMILES string of the molecule is CCn1c(=O)c2ccccc2n(CC(=O)N2CC[C@H]3CCCC[C@H]3C2)c1=O. The molecule has 27 heavy (non-hydrogen) atoms. The highest BCUT2D eigenvalue weighted by atomic mass is 16.2. The van der Waals surface area contributed by atoms with E-state index in [-0.39, 0.29) is 18.0 Å². The number of hydrogen-bond acceptors (Lipinski definition) is 3. The lowest BCUT2D eigenvalue weighted by Crippen LogP contribution is -2.48. The predicted molar refractivity (Wildman–Crippen MR) is 105 cm³/mol. The molecule has 4 rings (SSSR count). The number of para-hydroxylation sites is 1. The van der Waals surface area contributed by atoms with Gasteiger partial charge in [-0.25, -0.2) is 4.79 Å². The van der Waals surface area contributed by atoms with Gasteiger partial charge in [0.15, 0.2) is 0 Å². The van der Waals surface area contributed by atoms with Crippen molar-refractivity contribution in [1.82, 2.24) is 14.0 Å². The zero-order valence-corrected chi connectivity index (χ0v) is 15.9. The number of hydrogen-bond donors (Lipinski definition) is 0. The molecule has 6 heteroatoms. The molecule has 0 N–H and O–H groups in total. The molecule has 1 aromatic heterocycles. The monoisotopic (exact) mass is 369 g/mol. The van der Waals surface area contributed by atoms with Crippen LogP contribution in [0.25, 0.3) is 10.9 Å². The molecule has 144 valence electrons. The standard InChI is InChI=1S/C21H27N3O3/c1-2-23-20(26)17-9-5-6-10-18(17)24(21(23)27)14-19(25)22-12-11-15-7-3-4-8-16(15)13-22/h5-6,9-10,15-16H,2-4,7-8,11-14H2,1H3/t15-,16+/m1/s1. The molecule has 2 heterocycles. The van der Waals surface area contributed by atoms with Gasteiger partial charge in [0.1, 0.15) is 6.54 Å². The molecule has 0 unspecified atom stereocenters. The Hall–Kier alpha value is -2.37. The third-order valence-corrected chi connectivity index (χ3v) is 6.39. The number of piperidine rings is 1. The van der Waals surface area contributed by atoms with E-state index in [1.807, 2.05) is 4.90 Å². The van der Waals surface area contributed by atoms with Gasteiger partial charge in [0, 0.05) is 19.6 Å². The fraction of sp³-hybridized carbons (Fsp3) is 0.571. The van der Waals surface area contributed by atoms with Crippen molar-refractivity contribution < 1.29 is 4.79 Å². The third kappa shape index (κ3) is 3.22. The van der Waals surface area contributed by atoms with Crippen molar-refractivity contribution in [2.45, 2.75) is 52.1 Å². The normalized spacial score (nSPS) is 22.6. The van der Waals surface area contributed by atoms with Gasteiger partial charge in [-0.3, -0.25) is 18.7 Å². The molecule has 2 aliphatic rings. The Bertz CT molecular complexity index is 975. The van der Waals surface area contributed by atoms with E-state index in [4.69, 9.17) is 0 Å². The lowest BCUT2D eigenvalue weighted by molar-refractivity contribution is -0.135. The fourth-order valence-corrected chi connectivity index (χ4v) is 4.87. The summed E-state index contributed by atoms with van der Waals surface area (Å²) in [5.74, 6) is 1.34. The van der Waals surface area contributed by atoms with Gasteiger partial charge in [-0.15, -0.1) is 0 Å². The van der Waals surface area contributed by atoms with Crippen molar-refractivity contribution in [3.8, 4) is 0 Å². The Morgan fingerprint density at radius 3 is 2.56 bits per heavy atom. The van der Waals surface area contributed by atoms with Gasteiger partial charge in [0.2, 0.25) is 5.91 Å². The first-order valence-corrected chi connectivity index (χ1v) is 10.1. The van der Waals surface area contributed by atoms with E-state index in [9.17, 15) is 14.4 Å². The Morgan fingerprint density at radius 1 is 1.04 bits per heavy atom. The Labute approximate surface area is 158 Å². The van der Waals surface area contributed by atoms with Crippen LogP contribution < -0.4 is 11.2 Å². The van der Waals surface area contributed by atoms with Gasteiger partial charge < -0.3 is 4.90 Å². The summed E-state index contributed by atoms with van der Waals surface area (Å²) in [4.78, 5) is 40.3. The van der Waals surface area contributed by atoms with E-state index >= 15 is 0 Å². The van der Waals surface area contributed by atoms with Crippen LogP contribution in [0, 0.1) is 11.8 Å². The second-order valence-electron chi connectivity index (χ2n) is 7.87. The molecule has 1 aromatic carbocycles. The zero-order chi connectivity index (χ0) is 19.0. The lowest BCUT2D eigenvalue weighted by Gasteiger charge is -2.41. The largest absolute Gasteiger partial charge is 0.341 e. The molecule has 1 amide bonds. The Morgan fingerprint density at radius 2 is 1.78 bits per heavy atom. The van der Waals surface area contributed by atoms with Gasteiger partial charge in [0.05, 0.1) is 10.9 Å². The summed E-state index contributed by atoms with van der Waals surface area (Å²) in [6.07, 6.45) is 6.14. The first-order chi connectivity index (χ1) is 13.1. The van der Waals surface area contributed by atoms with Crippen LogP contribution in [-0.2, 0) is 17.9 Å². The number of benzene rings is 1. The van der Waals surface area contributed by atoms with Crippen LogP contribution in [0.1, 0.15) is 39.0 Å². The molecular formula is C21H27N3O3. The summed E-state index contributed by atoms with van der Waals surface area (Å²) in [5.41, 5.74) is -0.148. The highest BCUT2D eigenvalue weighted by Gasteiger charge is 2.33. The third-order valence-electron chi connectivity index (χ3n) is 6.39. The first kappa shape index (κ1) is 18.0. The predicted octanol–water partition coefficient (Wildman–Crippen LogP) is 2.22. The number of likely N-dealkylation sites (tertiary alicyclic amines) is 1. The highest BCUT2D eigenvalue weighted by Crippen LogP contribution is 2.36. The molecule has 0 bridgehead atoms. The Balaban J connectivity index is 1.64. The van der Waals surface area contributed by atoms with Crippen molar-refractivity contribution in [2.24, 2.45) is 11.8 Å².